The number of ether oxygens (including phenoxy) is 2. The Hall–Kier alpha value is -1.62. The monoisotopic (exact) mass is 253 g/mol. The van der Waals surface area contributed by atoms with E-state index >= 15 is 0 Å². The predicted octanol–water partition coefficient (Wildman–Crippen LogP) is 1.70. The Labute approximate surface area is 105 Å². The average Bonchev–Trinajstić information content (AvgIpc) is 2.86. The zero-order valence-corrected chi connectivity index (χ0v) is 10.5. The molecule has 0 spiro atoms. The highest BCUT2D eigenvalue weighted by atomic mass is 19.1. The van der Waals surface area contributed by atoms with Gasteiger partial charge in [-0.15, -0.1) is 0 Å². The lowest BCUT2D eigenvalue weighted by Gasteiger charge is -2.17. The highest BCUT2D eigenvalue weighted by Crippen LogP contribution is 2.23. The Morgan fingerprint density at radius 3 is 2.83 bits per heavy atom. The van der Waals surface area contributed by atoms with Crippen molar-refractivity contribution in [2.45, 2.75) is 12.5 Å². The van der Waals surface area contributed by atoms with E-state index in [4.69, 9.17) is 9.47 Å². The zero-order valence-electron chi connectivity index (χ0n) is 10.5. The van der Waals surface area contributed by atoms with Crippen molar-refractivity contribution in [1.82, 2.24) is 4.90 Å². The Bertz CT molecular complexity index is 450. The molecule has 5 heteroatoms. The van der Waals surface area contributed by atoms with E-state index in [2.05, 4.69) is 0 Å². The molecule has 98 valence electrons. The van der Waals surface area contributed by atoms with Crippen LogP contribution in [0.5, 0.6) is 5.75 Å². The van der Waals surface area contributed by atoms with Crippen LogP contribution < -0.4 is 4.74 Å². The van der Waals surface area contributed by atoms with Gasteiger partial charge in [0.2, 0.25) is 0 Å². The molecule has 0 unspecified atom stereocenters. The van der Waals surface area contributed by atoms with Gasteiger partial charge in [-0.25, -0.2) is 4.39 Å². The molecule has 2 rings (SSSR count). The molecule has 0 radical (unpaired) electrons. The highest BCUT2D eigenvalue weighted by Gasteiger charge is 2.28. The van der Waals surface area contributed by atoms with Crippen LogP contribution in [0.25, 0.3) is 0 Å². The number of halogens is 1. The van der Waals surface area contributed by atoms with E-state index < -0.39 is 5.82 Å². The van der Waals surface area contributed by atoms with E-state index in [9.17, 15) is 9.18 Å². The van der Waals surface area contributed by atoms with E-state index in [-0.39, 0.29) is 17.6 Å². The molecule has 18 heavy (non-hydrogen) atoms. The minimum Gasteiger partial charge on any atom is -0.496 e. The first-order chi connectivity index (χ1) is 8.65. The summed E-state index contributed by atoms with van der Waals surface area (Å²) < 4.78 is 23.5. The maximum atomic E-state index is 13.2. The number of methoxy groups -OCH3 is 2. The van der Waals surface area contributed by atoms with E-state index in [0.29, 0.717) is 18.8 Å². The van der Waals surface area contributed by atoms with Gasteiger partial charge >= 0.3 is 0 Å². The van der Waals surface area contributed by atoms with E-state index in [1.165, 1.54) is 25.3 Å². The van der Waals surface area contributed by atoms with Gasteiger partial charge in [0.15, 0.2) is 0 Å². The predicted molar refractivity (Wildman–Crippen MR) is 64.3 cm³/mol. The fourth-order valence-electron chi connectivity index (χ4n) is 2.12. The first-order valence-electron chi connectivity index (χ1n) is 5.81. The molecule has 0 N–H and O–H groups in total. The molecule has 0 aromatic heterocycles. The molecule has 1 aliphatic heterocycles. The fraction of sp³-hybridized carbons (Fsp3) is 0.462. The summed E-state index contributed by atoms with van der Waals surface area (Å²) in [7, 11) is 3.09. The molecular weight excluding hydrogens is 237 g/mol. The first-order valence-corrected chi connectivity index (χ1v) is 5.81. The number of hydrogen-bond acceptors (Lipinski definition) is 3. The summed E-state index contributed by atoms with van der Waals surface area (Å²) in [5.74, 6) is -0.269. The second-order valence-electron chi connectivity index (χ2n) is 4.24. The lowest BCUT2D eigenvalue weighted by Crippen LogP contribution is -2.30. The van der Waals surface area contributed by atoms with Gasteiger partial charge in [0, 0.05) is 20.2 Å². The fourth-order valence-corrected chi connectivity index (χ4v) is 2.12. The van der Waals surface area contributed by atoms with Crippen LogP contribution in [0.15, 0.2) is 18.2 Å². The number of rotatable bonds is 3. The molecule has 1 aromatic rings. The lowest BCUT2D eigenvalue weighted by molar-refractivity contribution is 0.0720. The topological polar surface area (TPSA) is 38.8 Å². The molecule has 1 fully saturated rings. The van der Waals surface area contributed by atoms with Crippen LogP contribution in [-0.2, 0) is 4.74 Å². The van der Waals surface area contributed by atoms with Gasteiger partial charge in [-0.05, 0) is 24.6 Å². The average molecular weight is 253 g/mol. The van der Waals surface area contributed by atoms with Crippen molar-refractivity contribution in [3.63, 3.8) is 0 Å². The van der Waals surface area contributed by atoms with Crippen LogP contribution >= 0.6 is 0 Å². The minimum atomic E-state index is -0.443. The van der Waals surface area contributed by atoms with Gasteiger partial charge in [0.25, 0.3) is 5.91 Å². The molecule has 1 aromatic carbocycles. The van der Waals surface area contributed by atoms with Crippen LogP contribution in [0.2, 0.25) is 0 Å². The summed E-state index contributed by atoms with van der Waals surface area (Å²) in [4.78, 5) is 13.9. The number of nitrogens with zero attached hydrogens (tertiary/aromatic N) is 1. The van der Waals surface area contributed by atoms with Crippen LogP contribution in [0.3, 0.4) is 0 Å². The third-order valence-corrected chi connectivity index (χ3v) is 3.16. The van der Waals surface area contributed by atoms with E-state index in [1.807, 2.05) is 0 Å². The first kappa shape index (κ1) is 12.8. The van der Waals surface area contributed by atoms with E-state index in [1.54, 1.807) is 12.0 Å². The summed E-state index contributed by atoms with van der Waals surface area (Å²) in [6.45, 7) is 1.16. The van der Waals surface area contributed by atoms with Crippen LogP contribution in [-0.4, -0.2) is 44.2 Å². The van der Waals surface area contributed by atoms with Gasteiger partial charge in [-0.3, -0.25) is 4.79 Å². The smallest absolute Gasteiger partial charge is 0.257 e. The number of hydrogen-bond donors (Lipinski definition) is 0. The molecular formula is C13H16FNO3. The molecule has 4 nitrogen and oxygen atoms in total. The summed E-state index contributed by atoms with van der Waals surface area (Å²) in [5.41, 5.74) is 0.259. The maximum Gasteiger partial charge on any atom is 0.257 e. The van der Waals surface area contributed by atoms with Crippen LogP contribution in [0.1, 0.15) is 16.8 Å². The Kier molecular flexibility index (Phi) is 3.81. The van der Waals surface area contributed by atoms with Crippen molar-refractivity contribution >= 4 is 5.91 Å². The third-order valence-electron chi connectivity index (χ3n) is 3.16. The van der Waals surface area contributed by atoms with Crippen molar-refractivity contribution in [2.75, 3.05) is 27.3 Å². The Balaban J connectivity index is 2.21. The van der Waals surface area contributed by atoms with Crippen molar-refractivity contribution in [1.29, 1.82) is 0 Å². The molecule has 1 amide bonds. The second-order valence-corrected chi connectivity index (χ2v) is 4.24. The summed E-state index contributed by atoms with van der Waals surface area (Å²) in [5, 5.41) is 0. The molecule has 0 aliphatic carbocycles. The van der Waals surface area contributed by atoms with Crippen molar-refractivity contribution in [3.8, 4) is 5.75 Å². The zero-order chi connectivity index (χ0) is 13.1. The van der Waals surface area contributed by atoms with E-state index in [0.717, 1.165) is 6.42 Å². The number of amides is 1. The van der Waals surface area contributed by atoms with Gasteiger partial charge in [0.05, 0.1) is 18.8 Å². The maximum absolute atomic E-state index is 13.2. The summed E-state index contributed by atoms with van der Waals surface area (Å²) in [6, 6.07) is 3.95. The van der Waals surface area contributed by atoms with Crippen molar-refractivity contribution in [3.05, 3.63) is 29.6 Å². The third kappa shape index (κ3) is 2.46. The number of carbonyl (C=O) groups is 1. The van der Waals surface area contributed by atoms with Gasteiger partial charge in [-0.1, -0.05) is 0 Å². The molecule has 0 saturated carbocycles. The standard InChI is InChI=1S/C13H16FNO3/c1-17-10-5-6-15(8-10)13(16)11-7-9(14)3-4-12(11)18-2/h3-4,7,10H,5-6,8H2,1-2H3/t10-/m1/s1. The normalized spacial score (nSPS) is 19.1. The Morgan fingerprint density at radius 2 is 2.22 bits per heavy atom. The van der Waals surface area contributed by atoms with Crippen LogP contribution in [0, 0.1) is 5.82 Å². The van der Waals surface area contributed by atoms with Crippen molar-refractivity contribution < 1.29 is 18.7 Å². The highest BCUT2D eigenvalue weighted by molar-refractivity contribution is 5.97. The van der Waals surface area contributed by atoms with Gasteiger partial charge < -0.3 is 14.4 Å². The SMILES string of the molecule is COc1ccc(F)cc1C(=O)N1CC[C@@H](OC)C1. The Morgan fingerprint density at radius 1 is 1.44 bits per heavy atom. The quantitative estimate of drug-likeness (QED) is 0.823. The molecule has 1 atom stereocenters. The number of carbonyl (C=O) groups excluding carboxylic acids is 1. The number of likely N-dealkylation sites (tertiary alicyclic amines) is 1. The van der Waals surface area contributed by atoms with Crippen LogP contribution in [0.4, 0.5) is 4.39 Å². The summed E-state index contributed by atoms with van der Waals surface area (Å²) >= 11 is 0. The molecule has 1 saturated heterocycles. The lowest BCUT2D eigenvalue weighted by atomic mass is 10.1. The largest absolute Gasteiger partial charge is 0.496 e. The minimum absolute atomic E-state index is 0.0634. The molecule has 0 bridgehead atoms. The molecule has 1 heterocycles. The summed E-state index contributed by atoms with van der Waals surface area (Å²) in [6.07, 6.45) is 0.869. The molecule has 1 aliphatic rings. The van der Waals surface area contributed by atoms with Gasteiger partial charge in [0.1, 0.15) is 11.6 Å². The second kappa shape index (κ2) is 5.35. The van der Waals surface area contributed by atoms with Gasteiger partial charge in [-0.2, -0.15) is 0 Å². The number of benzene rings is 1. The van der Waals surface area contributed by atoms with Crippen molar-refractivity contribution in [2.24, 2.45) is 0 Å².